The maximum Gasteiger partial charge on any atom is 0.135 e. The summed E-state index contributed by atoms with van der Waals surface area (Å²) in [7, 11) is 0. The van der Waals surface area contributed by atoms with Crippen LogP contribution in [-0.4, -0.2) is 11.7 Å². The van der Waals surface area contributed by atoms with Gasteiger partial charge >= 0.3 is 0 Å². The van der Waals surface area contributed by atoms with Crippen molar-refractivity contribution in [3.8, 4) is 17.6 Å². The van der Waals surface area contributed by atoms with Gasteiger partial charge in [0, 0.05) is 0 Å². The molecule has 0 saturated carbocycles. The van der Waals surface area contributed by atoms with Crippen LogP contribution in [0.15, 0.2) is 36.4 Å². The Kier molecular flexibility index (Phi) is 4.85. The van der Waals surface area contributed by atoms with Crippen LogP contribution in [-0.2, 0) is 6.61 Å². The van der Waals surface area contributed by atoms with E-state index in [0.29, 0.717) is 0 Å². The van der Waals surface area contributed by atoms with E-state index in [1.807, 2.05) is 0 Å². The highest BCUT2D eigenvalue weighted by atomic mass is 19.1. The molecule has 2 aromatic rings. The number of hydrogen-bond donors (Lipinski definition) is 1. The van der Waals surface area contributed by atoms with Gasteiger partial charge in [0.1, 0.15) is 36.4 Å². The molecule has 0 unspecified atom stereocenters. The lowest BCUT2D eigenvalue weighted by Gasteiger charge is -2.10. The first-order valence-electron chi connectivity index (χ1n) is 6.07. The molecule has 0 amide bonds. The summed E-state index contributed by atoms with van der Waals surface area (Å²) in [5.41, 5.74) is -0.0244. The topological polar surface area (TPSA) is 29.5 Å². The Morgan fingerprint density at radius 2 is 1.76 bits per heavy atom. The first-order valence-corrected chi connectivity index (χ1v) is 6.07. The van der Waals surface area contributed by atoms with Gasteiger partial charge in [-0.25, -0.2) is 13.2 Å². The third-order valence-electron chi connectivity index (χ3n) is 2.68. The van der Waals surface area contributed by atoms with Gasteiger partial charge in [-0.3, -0.25) is 0 Å². The minimum atomic E-state index is -0.722. The lowest BCUT2D eigenvalue weighted by Crippen LogP contribution is -2.03. The van der Waals surface area contributed by atoms with Gasteiger partial charge in [0.15, 0.2) is 0 Å². The summed E-state index contributed by atoms with van der Waals surface area (Å²) in [6.07, 6.45) is 0. The van der Waals surface area contributed by atoms with Gasteiger partial charge in [-0.1, -0.05) is 17.9 Å². The molecule has 0 aliphatic carbocycles. The first kappa shape index (κ1) is 14.9. The highest BCUT2D eigenvalue weighted by molar-refractivity contribution is 5.46. The van der Waals surface area contributed by atoms with E-state index in [4.69, 9.17) is 9.84 Å². The van der Waals surface area contributed by atoms with E-state index < -0.39 is 24.1 Å². The number of ether oxygens (including phenoxy) is 1. The Hall–Kier alpha value is -2.45. The zero-order chi connectivity index (χ0) is 15.2. The third kappa shape index (κ3) is 3.77. The Labute approximate surface area is 119 Å². The summed E-state index contributed by atoms with van der Waals surface area (Å²) in [5.74, 6) is 3.09. The number of benzene rings is 2. The molecule has 0 spiro atoms. The molecule has 0 bridgehead atoms. The number of hydrogen-bond acceptors (Lipinski definition) is 2. The fraction of sp³-hybridized carbons (Fsp3) is 0.125. The molecule has 108 valence electrons. The SMILES string of the molecule is OCC#Cc1cc(F)ccc1OCc1c(F)cccc1F. The summed E-state index contributed by atoms with van der Waals surface area (Å²) in [4.78, 5) is 0. The molecule has 0 saturated heterocycles. The Morgan fingerprint density at radius 3 is 2.43 bits per heavy atom. The van der Waals surface area contributed by atoms with Crippen LogP contribution in [0.4, 0.5) is 13.2 Å². The van der Waals surface area contributed by atoms with Crippen molar-refractivity contribution in [2.45, 2.75) is 6.61 Å². The van der Waals surface area contributed by atoms with Gasteiger partial charge in [-0.15, -0.1) is 0 Å². The fourth-order valence-electron chi connectivity index (χ4n) is 1.68. The molecule has 0 fully saturated rings. The lowest BCUT2D eigenvalue weighted by atomic mass is 10.2. The van der Waals surface area contributed by atoms with E-state index in [1.54, 1.807) is 0 Å². The smallest absolute Gasteiger partial charge is 0.135 e. The quantitative estimate of drug-likeness (QED) is 0.881. The van der Waals surface area contributed by atoms with Crippen molar-refractivity contribution in [2.24, 2.45) is 0 Å². The van der Waals surface area contributed by atoms with Crippen LogP contribution in [0, 0.1) is 29.3 Å². The third-order valence-corrected chi connectivity index (χ3v) is 2.68. The highest BCUT2D eigenvalue weighted by Gasteiger charge is 2.10. The fourth-order valence-corrected chi connectivity index (χ4v) is 1.68. The molecule has 21 heavy (non-hydrogen) atoms. The van der Waals surface area contributed by atoms with Gasteiger partial charge in [-0.2, -0.15) is 0 Å². The predicted molar refractivity (Wildman–Crippen MR) is 71.1 cm³/mol. The summed E-state index contributed by atoms with van der Waals surface area (Å²) in [6, 6.07) is 7.09. The number of aliphatic hydroxyl groups is 1. The Morgan fingerprint density at radius 1 is 1.05 bits per heavy atom. The average molecular weight is 292 g/mol. The molecule has 0 aliphatic rings. The summed E-state index contributed by atoms with van der Waals surface area (Å²) in [6.45, 7) is -0.740. The van der Waals surface area contributed by atoms with Crippen molar-refractivity contribution in [1.82, 2.24) is 0 Å². The summed E-state index contributed by atoms with van der Waals surface area (Å²) in [5, 5.41) is 8.66. The minimum Gasteiger partial charge on any atom is -0.487 e. The molecule has 0 heterocycles. The van der Waals surface area contributed by atoms with Crippen LogP contribution in [0.5, 0.6) is 5.75 Å². The van der Waals surface area contributed by atoms with Gasteiger partial charge in [0.05, 0.1) is 11.1 Å². The van der Waals surface area contributed by atoms with Crippen molar-refractivity contribution in [3.63, 3.8) is 0 Å². The van der Waals surface area contributed by atoms with Crippen LogP contribution in [0.1, 0.15) is 11.1 Å². The number of rotatable bonds is 3. The number of halogens is 3. The van der Waals surface area contributed by atoms with Gasteiger partial charge in [-0.05, 0) is 30.3 Å². The van der Waals surface area contributed by atoms with E-state index in [0.717, 1.165) is 24.3 Å². The molecule has 2 aromatic carbocycles. The average Bonchev–Trinajstić information content (AvgIpc) is 2.46. The van der Waals surface area contributed by atoms with Crippen LogP contribution in [0.3, 0.4) is 0 Å². The molecular weight excluding hydrogens is 281 g/mol. The standard InChI is InChI=1S/C16H11F3O2/c17-12-6-7-16(11(9-12)3-2-8-20)21-10-13-14(18)4-1-5-15(13)19/h1,4-7,9,20H,8,10H2. The molecule has 0 aromatic heterocycles. The predicted octanol–water partition coefficient (Wildman–Crippen LogP) is 3.03. The maximum absolute atomic E-state index is 13.5. The summed E-state index contributed by atoms with van der Waals surface area (Å²) < 4.78 is 45.4. The van der Waals surface area contributed by atoms with Crippen LogP contribution in [0.25, 0.3) is 0 Å². The van der Waals surface area contributed by atoms with Gasteiger partial charge in [0.2, 0.25) is 0 Å². The molecule has 2 nitrogen and oxygen atoms in total. The largest absolute Gasteiger partial charge is 0.487 e. The second kappa shape index (κ2) is 6.82. The molecule has 2 rings (SSSR count). The van der Waals surface area contributed by atoms with Crippen molar-refractivity contribution in [2.75, 3.05) is 6.61 Å². The van der Waals surface area contributed by atoms with Crippen LogP contribution in [0.2, 0.25) is 0 Å². The van der Waals surface area contributed by atoms with E-state index in [2.05, 4.69) is 11.8 Å². The molecular formula is C16H11F3O2. The normalized spacial score (nSPS) is 9.90. The van der Waals surface area contributed by atoms with Crippen molar-refractivity contribution in [1.29, 1.82) is 0 Å². The first-order chi connectivity index (χ1) is 10.1. The maximum atomic E-state index is 13.5. The molecule has 1 N–H and O–H groups in total. The second-order valence-electron chi connectivity index (χ2n) is 4.09. The van der Waals surface area contributed by atoms with Gasteiger partial charge < -0.3 is 9.84 Å². The zero-order valence-electron chi connectivity index (χ0n) is 10.9. The van der Waals surface area contributed by atoms with E-state index >= 15 is 0 Å². The molecule has 0 aliphatic heterocycles. The van der Waals surface area contributed by atoms with E-state index in [1.165, 1.54) is 12.1 Å². The number of aliphatic hydroxyl groups excluding tert-OH is 1. The highest BCUT2D eigenvalue weighted by Crippen LogP contribution is 2.21. The van der Waals surface area contributed by atoms with Crippen molar-refractivity contribution >= 4 is 0 Å². The minimum absolute atomic E-state index is 0.181. The zero-order valence-corrected chi connectivity index (χ0v) is 10.9. The lowest BCUT2D eigenvalue weighted by molar-refractivity contribution is 0.291. The van der Waals surface area contributed by atoms with Crippen LogP contribution >= 0.6 is 0 Å². The monoisotopic (exact) mass is 292 g/mol. The Bertz CT molecular complexity index is 682. The Balaban J connectivity index is 2.24. The molecule has 0 radical (unpaired) electrons. The van der Waals surface area contributed by atoms with Crippen molar-refractivity contribution < 1.29 is 23.0 Å². The van der Waals surface area contributed by atoms with Gasteiger partial charge in [0.25, 0.3) is 0 Å². The second-order valence-corrected chi connectivity index (χ2v) is 4.09. The van der Waals surface area contributed by atoms with Crippen LogP contribution < -0.4 is 4.74 Å². The van der Waals surface area contributed by atoms with Crippen molar-refractivity contribution in [3.05, 3.63) is 65.0 Å². The molecule has 0 atom stereocenters. The van der Waals surface area contributed by atoms with E-state index in [-0.39, 0.29) is 23.5 Å². The molecule has 5 heteroatoms. The van der Waals surface area contributed by atoms with E-state index in [9.17, 15) is 13.2 Å². The summed E-state index contributed by atoms with van der Waals surface area (Å²) >= 11 is 0.